The van der Waals surface area contributed by atoms with Crippen molar-refractivity contribution in [2.45, 2.75) is 24.1 Å². The summed E-state index contributed by atoms with van der Waals surface area (Å²) in [7, 11) is 0.0349. The van der Waals surface area contributed by atoms with Crippen molar-refractivity contribution in [1.82, 2.24) is 19.8 Å². The Morgan fingerprint density at radius 1 is 1.32 bits per heavy atom. The fraction of sp³-hybridized carbons (Fsp3) is 0.529. The molecule has 1 aliphatic heterocycles. The Bertz CT molecular complexity index is 898. The summed E-state index contributed by atoms with van der Waals surface area (Å²) in [5, 5.41) is 3.13. The Morgan fingerprint density at radius 3 is 2.56 bits per heavy atom. The molecule has 1 amide bonds. The minimum Gasteiger partial charge on any atom is -0.337 e. The van der Waals surface area contributed by atoms with E-state index >= 15 is 0 Å². The topological polar surface area (TPSA) is 84.3 Å². The van der Waals surface area contributed by atoms with Gasteiger partial charge in [0.05, 0.1) is 17.6 Å². The lowest BCUT2D eigenvalue weighted by Crippen LogP contribution is -2.57. The molecule has 1 aromatic heterocycles. The highest BCUT2D eigenvalue weighted by atomic mass is 32.2. The molecule has 1 fully saturated rings. The number of fused-ring (bicyclic) bond motifs is 1. The van der Waals surface area contributed by atoms with Crippen LogP contribution >= 0.6 is 0 Å². The Kier molecular flexibility index (Phi) is 4.59. The van der Waals surface area contributed by atoms with Crippen molar-refractivity contribution >= 4 is 26.8 Å². The number of aromatic nitrogens is 2. The average Bonchev–Trinajstić information content (AvgIpc) is 2.90. The van der Waals surface area contributed by atoms with Crippen LogP contribution in [-0.2, 0) is 28.2 Å². The number of hydrogen-bond donors (Lipinski definition) is 1. The quantitative estimate of drug-likeness (QED) is 0.863. The van der Waals surface area contributed by atoms with Gasteiger partial charge in [-0.3, -0.25) is 4.79 Å². The summed E-state index contributed by atoms with van der Waals surface area (Å²) >= 11 is 0. The van der Waals surface area contributed by atoms with E-state index in [1.165, 1.54) is 11.2 Å². The van der Waals surface area contributed by atoms with Gasteiger partial charge in [0, 0.05) is 20.4 Å². The van der Waals surface area contributed by atoms with Gasteiger partial charge in [-0.15, -0.1) is 0 Å². The first kappa shape index (κ1) is 17.9. The van der Waals surface area contributed by atoms with Crippen molar-refractivity contribution in [2.75, 3.05) is 26.4 Å². The largest absolute Gasteiger partial charge is 0.337 e. The zero-order valence-corrected chi connectivity index (χ0v) is 15.6. The summed E-state index contributed by atoms with van der Waals surface area (Å²) in [4.78, 5) is 19.1. The monoisotopic (exact) mass is 364 g/mol. The van der Waals surface area contributed by atoms with Crippen LogP contribution in [0.15, 0.2) is 24.3 Å². The first-order valence-corrected chi connectivity index (χ1v) is 10.2. The molecule has 0 unspecified atom stereocenters. The molecular weight excluding hydrogens is 340 g/mol. The molecular formula is C17H24N4O3S. The van der Waals surface area contributed by atoms with E-state index in [4.69, 9.17) is 0 Å². The van der Waals surface area contributed by atoms with Gasteiger partial charge < -0.3 is 14.8 Å². The number of piperidine rings is 1. The predicted octanol–water partition coefficient (Wildman–Crippen LogP) is 0.698. The highest BCUT2D eigenvalue weighted by Gasteiger charge is 2.50. The van der Waals surface area contributed by atoms with Gasteiger partial charge in [0.15, 0.2) is 14.6 Å². The summed E-state index contributed by atoms with van der Waals surface area (Å²) < 4.78 is 25.4. The third kappa shape index (κ3) is 3.04. The van der Waals surface area contributed by atoms with Crippen LogP contribution in [0.5, 0.6) is 0 Å². The lowest BCUT2D eigenvalue weighted by Gasteiger charge is -2.37. The summed E-state index contributed by atoms with van der Waals surface area (Å²) in [5.41, 5.74) is 1.85. The van der Waals surface area contributed by atoms with E-state index in [2.05, 4.69) is 10.3 Å². The lowest BCUT2D eigenvalue weighted by atomic mass is 9.95. The van der Waals surface area contributed by atoms with Crippen LogP contribution in [0, 0.1) is 0 Å². The third-order valence-electron chi connectivity index (χ3n) is 5.12. The van der Waals surface area contributed by atoms with Gasteiger partial charge in [-0.25, -0.2) is 13.4 Å². The van der Waals surface area contributed by atoms with Crippen LogP contribution in [0.25, 0.3) is 11.0 Å². The van der Waals surface area contributed by atoms with Crippen molar-refractivity contribution < 1.29 is 13.2 Å². The number of nitrogens with one attached hydrogen (secondary N) is 1. The maximum atomic E-state index is 13.1. The van der Waals surface area contributed by atoms with Crippen LogP contribution in [0.3, 0.4) is 0 Å². The maximum Gasteiger partial charge on any atom is 0.244 e. The highest BCUT2D eigenvalue weighted by Crippen LogP contribution is 2.30. The molecule has 25 heavy (non-hydrogen) atoms. The fourth-order valence-electron chi connectivity index (χ4n) is 3.54. The number of imidazole rings is 1. The first-order chi connectivity index (χ1) is 11.8. The summed E-state index contributed by atoms with van der Waals surface area (Å²) in [6, 6.07) is 7.75. The molecule has 0 aliphatic carbocycles. The van der Waals surface area contributed by atoms with Crippen molar-refractivity contribution in [3.63, 3.8) is 0 Å². The van der Waals surface area contributed by atoms with E-state index in [-0.39, 0.29) is 12.5 Å². The Labute approximate surface area is 147 Å². The Morgan fingerprint density at radius 2 is 1.96 bits per heavy atom. The molecule has 2 aromatic rings. The SMILES string of the molecule is CN(Cc1nc2ccccc2n1C)C(=O)C1(S(C)(=O)=O)CCNCC1. The van der Waals surface area contributed by atoms with Crippen molar-refractivity contribution in [1.29, 1.82) is 0 Å². The summed E-state index contributed by atoms with van der Waals surface area (Å²) in [5.74, 6) is 0.387. The fourth-order valence-corrected chi connectivity index (χ4v) is 4.96. The molecule has 3 rings (SSSR count). The third-order valence-corrected chi connectivity index (χ3v) is 7.12. The Balaban J connectivity index is 1.89. The second-order valence-electron chi connectivity index (χ2n) is 6.75. The number of nitrogens with zero attached hydrogens (tertiary/aromatic N) is 3. The lowest BCUT2D eigenvalue weighted by molar-refractivity contribution is -0.134. The second-order valence-corrected chi connectivity index (χ2v) is 9.08. The molecule has 1 aliphatic rings. The van der Waals surface area contributed by atoms with Gasteiger partial charge >= 0.3 is 0 Å². The van der Waals surface area contributed by atoms with Crippen LogP contribution < -0.4 is 5.32 Å². The van der Waals surface area contributed by atoms with Crippen molar-refractivity contribution in [3.8, 4) is 0 Å². The molecule has 1 saturated heterocycles. The smallest absolute Gasteiger partial charge is 0.244 e. The van der Waals surface area contributed by atoms with Crippen LogP contribution in [0.1, 0.15) is 18.7 Å². The minimum absolute atomic E-state index is 0.273. The molecule has 0 radical (unpaired) electrons. The number of para-hydroxylation sites is 2. The average molecular weight is 364 g/mol. The van der Waals surface area contributed by atoms with Gasteiger partial charge in [-0.05, 0) is 38.1 Å². The van der Waals surface area contributed by atoms with Crippen molar-refractivity contribution in [3.05, 3.63) is 30.1 Å². The van der Waals surface area contributed by atoms with Gasteiger partial charge in [0.1, 0.15) is 5.82 Å². The van der Waals surface area contributed by atoms with Crippen molar-refractivity contribution in [2.24, 2.45) is 7.05 Å². The molecule has 0 spiro atoms. The maximum absolute atomic E-state index is 13.1. The van der Waals surface area contributed by atoms with E-state index in [1.54, 1.807) is 7.05 Å². The molecule has 136 valence electrons. The van der Waals surface area contributed by atoms with Gasteiger partial charge in [0.25, 0.3) is 0 Å². The first-order valence-electron chi connectivity index (χ1n) is 8.32. The van der Waals surface area contributed by atoms with Crippen LogP contribution in [0.2, 0.25) is 0 Å². The normalized spacial score (nSPS) is 17.6. The number of rotatable bonds is 4. The molecule has 0 bridgehead atoms. The van der Waals surface area contributed by atoms with Crippen LogP contribution in [-0.4, -0.2) is 59.9 Å². The van der Waals surface area contributed by atoms with Gasteiger partial charge in [0.2, 0.25) is 5.91 Å². The van der Waals surface area contributed by atoms with E-state index in [9.17, 15) is 13.2 Å². The Hall–Kier alpha value is -1.93. The standard InChI is InChI=1S/C17H24N4O3S/c1-20(12-15-19-13-6-4-5-7-14(13)21(15)2)16(22)17(25(3,23)24)8-10-18-11-9-17/h4-7,18H,8-12H2,1-3H3. The zero-order chi connectivity index (χ0) is 18.2. The summed E-state index contributed by atoms with van der Waals surface area (Å²) in [6.07, 6.45) is 1.77. The highest BCUT2D eigenvalue weighted by molar-refractivity contribution is 7.92. The minimum atomic E-state index is -3.52. The van der Waals surface area contributed by atoms with E-state index in [1.807, 2.05) is 35.9 Å². The predicted molar refractivity (Wildman–Crippen MR) is 96.9 cm³/mol. The number of carbonyl (C=O) groups is 1. The number of amides is 1. The molecule has 7 nitrogen and oxygen atoms in total. The number of aryl methyl sites for hydroxylation is 1. The van der Waals surface area contributed by atoms with Gasteiger partial charge in [-0.1, -0.05) is 12.1 Å². The number of carbonyl (C=O) groups excluding carboxylic acids is 1. The number of sulfone groups is 1. The molecule has 2 heterocycles. The van der Waals surface area contributed by atoms with Gasteiger partial charge in [-0.2, -0.15) is 0 Å². The number of benzene rings is 1. The zero-order valence-electron chi connectivity index (χ0n) is 14.8. The molecule has 1 aromatic carbocycles. The number of hydrogen-bond acceptors (Lipinski definition) is 5. The second kappa shape index (κ2) is 6.42. The van der Waals surface area contributed by atoms with E-state index < -0.39 is 14.6 Å². The summed E-state index contributed by atoms with van der Waals surface area (Å²) in [6.45, 7) is 1.33. The molecule has 0 saturated carbocycles. The van der Waals surface area contributed by atoms with E-state index in [0.717, 1.165) is 16.9 Å². The molecule has 0 atom stereocenters. The van der Waals surface area contributed by atoms with Crippen LogP contribution in [0.4, 0.5) is 0 Å². The van der Waals surface area contributed by atoms with E-state index in [0.29, 0.717) is 25.9 Å². The molecule has 1 N–H and O–H groups in total. The molecule has 8 heteroatoms.